The molecule has 0 saturated carbocycles. The van der Waals surface area contributed by atoms with Crippen LogP contribution in [0.15, 0.2) is 60.8 Å². The first kappa shape index (κ1) is 62.6. The van der Waals surface area contributed by atoms with E-state index in [2.05, 4.69) is 86.8 Å². The molecule has 0 aliphatic rings. The van der Waals surface area contributed by atoms with Crippen molar-refractivity contribution in [2.45, 2.75) is 296 Å². The summed E-state index contributed by atoms with van der Waals surface area (Å²) in [6.07, 6.45) is 65.7. The zero-order chi connectivity index (χ0) is 47.4. The lowest BCUT2D eigenvalue weighted by Crippen LogP contribution is -2.46. The van der Waals surface area contributed by atoms with Crippen molar-refractivity contribution in [1.29, 1.82) is 0 Å². The van der Waals surface area contributed by atoms with Gasteiger partial charge in [0.05, 0.1) is 25.2 Å². The largest absolute Gasteiger partial charge is 0.462 e. The molecule has 0 aliphatic heterocycles. The summed E-state index contributed by atoms with van der Waals surface area (Å²) >= 11 is 0. The maximum Gasteiger partial charge on any atom is 0.306 e. The van der Waals surface area contributed by atoms with Crippen LogP contribution in [0.5, 0.6) is 0 Å². The Morgan fingerprint density at radius 2 is 0.785 bits per heavy atom. The summed E-state index contributed by atoms with van der Waals surface area (Å²) < 4.78 is 5.93. The van der Waals surface area contributed by atoms with E-state index in [0.717, 1.165) is 64.2 Å². The molecule has 1 amide bonds. The number of hydrogen-bond donors (Lipinski definition) is 3. The van der Waals surface area contributed by atoms with Crippen molar-refractivity contribution in [3.8, 4) is 0 Å². The fourth-order valence-corrected chi connectivity index (χ4v) is 8.30. The standard InChI is InChI=1S/C59H107NO5/c1-4-7-10-13-16-19-22-25-27-29-31-33-35-38-41-44-47-50-55(65-59(64)52-49-46-43-40-37-34-32-30-28-26-23-20-17-14-11-8-5-2)53-58(63)60-56(54-61)57(62)51-48-45-42-39-36-24-21-18-15-12-9-6-3/h17,20,25-28,32,34,40,43,55-57,61-62H,4-16,18-19,21-24,29-31,33,35-39,41-42,44-54H2,1-3H3,(H,60,63)/b20-17-,27-25+,28-26-,34-32-,43-40-. The lowest BCUT2D eigenvalue weighted by Gasteiger charge is -2.24. The molecular weight excluding hydrogens is 803 g/mol. The number of aliphatic hydroxyl groups is 2. The van der Waals surface area contributed by atoms with Gasteiger partial charge in [-0.25, -0.2) is 0 Å². The first-order chi connectivity index (χ1) is 32.0. The van der Waals surface area contributed by atoms with Crippen LogP contribution in [-0.4, -0.2) is 46.9 Å². The molecule has 378 valence electrons. The van der Waals surface area contributed by atoms with Gasteiger partial charge in [0, 0.05) is 6.42 Å². The lowest BCUT2D eigenvalue weighted by molar-refractivity contribution is -0.151. The third-order valence-corrected chi connectivity index (χ3v) is 12.6. The Labute approximate surface area is 403 Å². The van der Waals surface area contributed by atoms with Crippen LogP contribution in [0.3, 0.4) is 0 Å². The van der Waals surface area contributed by atoms with Gasteiger partial charge in [-0.2, -0.15) is 0 Å². The lowest BCUT2D eigenvalue weighted by atomic mass is 10.0. The number of carbonyl (C=O) groups excluding carboxylic acids is 2. The Morgan fingerprint density at radius 3 is 1.23 bits per heavy atom. The van der Waals surface area contributed by atoms with Crippen molar-refractivity contribution >= 4 is 11.9 Å². The van der Waals surface area contributed by atoms with E-state index < -0.39 is 18.2 Å². The number of esters is 1. The van der Waals surface area contributed by atoms with Gasteiger partial charge in [0.15, 0.2) is 0 Å². The highest BCUT2D eigenvalue weighted by Gasteiger charge is 2.24. The van der Waals surface area contributed by atoms with Crippen LogP contribution < -0.4 is 5.32 Å². The molecule has 0 fully saturated rings. The molecule has 0 aromatic carbocycles. The number of nitrogens with one attached hydrogen (secondary N) is 1. The van der Waals surface area contributed by atoms with Gasteiger partial charge in [0.2, 0.25) is 5.91 Å². The highest BCUT2D eigenvalue weighted by atomic mass is 16.5. The normalized spacial score (nSPS) is 13.6. The molecule has 0 aromatic rings. The van der Waals surface area contributed by atoms with E-state index in [0.29, 0.717) is 25.7 Å². The quantitative estimate of drug-likeness (QED) is 0.0321. The first-order valence-corrected chi connectivity index (χ1v) is 28.0. The van der Waals surface area contributed by atoms with Crippen molar-refractivity contribution in [1.82, 2.24) is 5.32 Å². The summed E-state index contributed by atoms with van der Waals surface area (Å²) in [7, 11) is 0. The second-order valence-corrected chi connectivity index (χ2v) is 19.0. The molecule has 6 nitrogen and oxygen atoms in total. The van der Waals surface area contributed by atoms with E-state index in [1.807, 2.05) is 0 Å². The molecule has 65 heavy (non-hydrogen) atoms. The van der Waals surface area contributed by atoms with Crippen LogP contribution in [0, 0.1) is 0 Å². The average Bonchev–Trinajstić information content (AvgIpc) is 3.30. The van der Waals surface area contributed by atoms with E-state index in [9.17, 15) is 19.8 Å². The Balaban J connectivity index is 4.67. The number of allylic oxidation sites excluding steroid dienone is 10. The predicted molar refractivity (Wildman–Crippen MR) is 282 cm³/mol. The maximum atomic E-state index is 13.2. The number of hydrogen-bond acceptors (Lipinski definition) is 5. The minimum Gasteiger partial charge on any atom is -0.462 e. The van der Waals surface area contributed by atoms with Crippen LogP contribution in [0.1, 0.15) is 278 Å². The molecular formula is C59H107NO5. The zero-order valence-corrected chi connectivity index (χ0v) is 43.1. The monoisotopic (exact) mass is 910 g/mol. The molecule has 0 aliphatic carbocycles. The van der Waals surface area contributed by atoms with Gasteiger partial charge < -0.3 is 20.3 Å². The van der Waals surface area contributed by atoms with E-state index in [4.69, 9.17) is 4.74 Å². The molecule has 0 bridgehead atoms. The molecule has 0 aromatic heterocycles. The van der Waals surface area contributed by atoms with Crippen molar-refractivity contribution in [3.63, 3.8) is 0 Å². The van der Waals surface area contributed by atoms with Gasteiger partial charge in [0.25, 0.3) is 0 Å². The summed E-state index contributed by atoms with van der Waals surface area (Å²) in [5, 5.41) is 23.8. The van der Waals surface area contributed by atoms with Crippen molar-refractivity contribution in [3.05, 3.63) is 60.8 Å². The molecule has 0 rings (SSSR count). The number of rotatable bonds is 50. The van der Waals surface area contributed by atoms with E-state index in [-0.39, 0.29) is 24.9 Å². The molecule has 0 radical (unpaired) electrons. The summed E-state index contributed by atoms with van der Waals surface area (Å²) in [4.78, 5) is 26.2. The Morgan fingerprint density at radius 1 is 0.446 bits per heavy atom. The van der Waals surface area contributed by atoms with Crippen molar-refractivity contribution in [2.24, 2.45) is 0 Å². The van der Waals surface area contributed by atoms with Gasteiger partial charge in [-0.15, -0.1) is 0 Å². The topological polar surface area (TPSA) is 95.9 Å². The molecule has 6 heteroatoms. The highest BCUT2D eigenvalue weighted by molar-refractivity contribution is 5.77. The fraction of sp³-hybridized carbons (Fsp3) is 0.797. The number of carbonyl (C=O) groups is 2. The smallest absolute Gasteiger partial charge is 0.306 e. The van der Waals surface area contributed by atoms with Gasteiger partial charge in [0.1, 0.15) is 6.10 Å². The minimum atomic E-state index is -0.799. The van der Waals surface area contributed by atoms with E-state index in [1.54, 1.807) is 0 Å². The first-order valence-electron chi connectivity index (χ1n) is 28.0. The summed E-state index contributed by atoms with van der Waals surface area (Å²) in [6.45, 7) is 6.45. The van der Waals surface area contributed by atoms with E-state index >= 15 is 0 Å². The molecule has 3 unspecified atom stereocenters. The minimum absolute atomic E-state index is 0.0527. The average molecular weight is 911 g/mol. The van der Waals surface area contributed by atoms with Crippen LogP contribution in [0.25, 0.3) is 0 Å². The summed E-state index contributed by atoms with van der Waals surface area (Å²) in [6, 6.07) is -0.715. The van der Waals surface area contributed by atoms with Crippen LogP contribution >= 0.6 is 0 Å². The number of unbranched alkanes of at least 4 members (excludes halogenated alkanes) is 28. The van der Waals surface area contributed by atoms with Crippen molar-refractivity contribution < 1.29 is 24.5 Å². The van der Waals surface area contributed by atoms with Gasteiger partial charge in [-0.05, 0) is 89.9 Å². The maximum absolute atomic E-state index is 13.2. The molecule has 3 atom stereocenters. The van der Waals surface area contributed by atoms with Gasteiger partial charge >= 0.3 is 5.97 Å². The highest BCUT2D eigenvalue weighted by Crippen LogP contribution is 2.18. The van der Waals surface area contributed by atoms with E-state index in [1.165, 1.54) is 161 Å². The molecule has 0 heterocycles. The Hall–Kier alpha value is -2.44. The van der Waals surface area contributed by atoms with Gasteiger partial charge in [-0.3, -0.25) is 9.59 Å². The Kier molecular flexibility index (Phi) is 50.6. The number of amides is 1. The third kappa shape index (κ3) is 47.8. The van der Waals surface area contributed by atoms with Crippen LogP contribution in [0.2, 0.25) is 0 Å². The van der Waals surface area contributed by atoms with Crippen molar-refractivity contribution in [2.75, 3.05) is 6.61 Å². The SMILES string of the molecule is CCCCC/C=C\C/C=C\C/C=C\C/C=C\CCCC(=O)OC(CCCCCCCCC/C=C/CCCCCCCC)CC(=O)NC(CO)C(O)CCCCCCCCCCCCCC. The predicted octanol–water partition coefficient (Wildman–Crippen LogP) is 17.2. The Bertz CT molecular complexity index is 1160. The fourth-order valence-electron chi connectivity index (χ4n) is 8.30. The van der Waals surface area contributed by atoms with Crippen LogP contribution in [0.4, 0.5) is 0 Å². The number of ether oxygens (including phenoxy) is 1. The second kappa shape index (κ2) is 52.5. The second-order valence-electron chi connectivity index (χ2n) is 19.0. The summed E-state index contributed by atoms with van der Waals surface area (Å²) in [5.41, 5.74) is 0. The van der Waals surface area contributed by atoms with Gasteiger partial charge in [-0.1, -0.05) is 236 Å². The summed E-state index contributed by atoms with van der Waals surface area (Å²) in [5.74, 6) is -0.539. The molecule has 0 spiro atoms. The third-order valence-electron chi connectivity index (χ3n) is 12.6. The number of aliphatic hydroxyl groups excluding tert-OH is 2. The molecule has 0 saturated heterocycles. The van der Waals surface area contributed by atoms with Crippen LogP contribution in [-0.2, 0) is 14.3 Å². The zero-order valence-electron chi connectivity index (χ0n) is 43.1. The molecule has 3 N–H and O–H groups in total.